The van der Waals surface area contributed by atoms with Gasteiger partial charge in [0, 0.05) is 39.3 Å². The Hall–Kier alpha value is -1.39. The van der Waals surface area contributed by atoms with Crippen LogP contribution >= 0.6 is 11.6 Å². The van der Waals surface area contributed by atoms with Crippen LogP contribution in [0.5, 0.6) is 0 Å². The van der Waals surface area contributed by atoms with Gasteiger partial charge in [-0.1, -0.05) is 11.6 Å². The molecule has 0 radical (unpaired) electrons. The average molecular weight is 338 g/mol. The Morgan fingerprint density at radius 3 is 2.52 bits per heavy atom. The van der Waals surface area contributed by atoms with E-state index in [-0.39, 0.29) is 12.3 Å². The number of anilines is 1. The highest BCUT2D eigenvalue weighted by atomic mass is 35.5. The number of unbranched alkanes of at least 4 members (excludes halogenated alkanes) is 1. The van der Waals surface area contributed by atoms with E-state index in [0.717, 1.165) is 58.7 Å². The van der Waals surface area contributed by atoms with E-state index in [4.69, 9.17) is 22.0 Å². The average Bonchev–Trinajstić information content (AvgIpc) is 2.57. The van der Waals surface area contributed by atoms with Crippen molar-refractivity contribution < 1.29 is 5.11 Å². The molecule has 126 valence electrons. The zero-order valence-electron chi connectivity index (χ0n) is 13.3. The minimum Gasteiger partial charge on any atom is -0.395 e. The SMILES string of the molecule is N#Cc1nc(NCCCCN2CCN(CCO)CC2)ccc1Cl. The molecule has 23 heavy (non-hydrogen) atoms. The van der Waals surface area contributed by atoms with Gasteiger partial charge in [-0.2, -0.15) is 5.26 Å². The number of rotatable bonds is 8. The van der Waals surface area contributed by atoms with E-state index < -0.39 is 0 Å². The van der Waals surface area contributed by atoms with Crippen LogP contribution in [0.4, 0.5) is 5.82 Å². The highest BCUT2D eigenvalue weighted by Crippen LogP contribution is 2.15. The molecule has 2 N–H and O–H groups in total. The number of piperazine rings is 1. The van der Waals surface area contributed by atoms with Crippen molar-refractivity contribution >= 4 is 17.4 Å². The van der Waals surface area contributed by atoms with Crippen LogP contribution in [0.25, 0.3) is 0 Å². The van der Waals surface area contributed by atoms with Gasteiger partial charge in [0.25, 0.3) is 0 Å². The predicted octanol–water partition coefficient (Wildman–Crippen LogP) is 1.41. The molecule has 0 bridgehead atoms. The summed E-state index contributed by atoms with van der Waals surface area (Å²) >= 11 is 5.86. The number of pyridine rings is 1. The van der Waals surface area contributed by atoms with Gasteiger partial charge in [0.15, 0.2) is 5.69 Å². The summed E-state index contributed by atoms with van der Waals surface area (Å²) in [5, 5.41) is 21.5. The molecular weight excluding hydrogens is 314 g/mol. The molecular formula is C16H24ClN5O. The summed E-state index contributed by atoms with van der Waals surface area (Å²) in [6.45, 7) is 7.23. The molecule has 6 nitrogen and oxygen atoms in total. The normalized spacial score (nSPS) is 16.2. The lowest BCUT2D eigenvalue weighted by Crippen LogP contribution is -2.47. The predicted molar refractivity (Wildman–Crippen MR) is 91.7 cm³/mol. The van der Waals surface area contributed by atoms with Crippen molar-refractivity contribution in [3.8, 4) is 6.07 Å². The number of hydrogen-bond acceptors (Lipinski definition) is 6. The molecule has 1 aliphatic heterocycles. The largest absolute Gasteiger partial charge is 0.395 e. The van der Waals surface area contributed by atoms with Crippen LogP contribution in [-0.2, 0) is 0 Å². The molecule has 2 rings (SSSR count). The van der Waals surface area contributed by atoms with Gasteiger partial charge in [-0.3, -0.25) is 4.90 Å². The molecule has 1 aromatic rings. The molecule has 7 heteroatoms. The second-order valence-electron chi connectivity index (χ2n) is 5.68. The molecule has 0 amide bonds. The summed E-state index contributed by atoms with van der Waals surface area (Å²) in [6.07, 6.45) is 2.19. The van der Waals surface area contributed by atoms with Gasteiger partial charge in [-0.15, -0.1) is 0 Å². The van der Waals surface area contributed by atoms with Crippen LogP contribution in [0.1, 0.15) is 18.5 Å². The topological polar surface area (TPSA) is 75.4 Å². The maximum atomic E-state index is 8.93. The number of nitrogens with zero attached hydrogens (tertiary/aromatic N) is 4. The van der Waals surface area contributed by atoms with Crippen LogP contribution in [0, 0.1) is 11.3 Å². The van der Waals surface area contributed by atoms with Gasteiger partial charge < -0.3 is 15.3 Å². The summed E-state index contributed by atoms with van der Waals surface area (Å²) in [5.74, 6) is 0.698. The van der Waals surface area contributed by atoms with Crippen molar-refractivity contribution in [2.24, 2.45) is 0 Å². The standard InChI is InChI=1S/C16H24ClN5O/c17-14-3-4-16(20-15(14)13-18)19-5-1-2-6-21-7-9-22(10-8-21)11-12-23/h3-4,23H,1-2,5-12H2,(H,19,20). The quantitative estimate of drug-likeness (QED) is 0.699. The van der Waals surface area contributed by atoms with Gasteiger partial charge in [-0.25, -0.2) is 4.98 Å². The number of nitrogens with one attached hydrogen (secondary N) is 1. The van der Waals surface area contributed by atoms with E-state index in [1.54, 1.807) is 12.1 Å². The van der Waals surface area contributed by atoms with Crippen LogP contribution in [0.15, 0.2) is 12.1 Å². The number of aliphatic hydroxyl groups excluding tert-OH is 1. The van der Waals surface area contributed by atoms with Crippen LogP contribution in [-0.4, -0.2) is 72.3 Å². The number of halogens is 1. The zero-order valence-corrected chi connectivity index (χ0v) is 14.1. The Morgan fingerprint density at radius 2 is 1.87 bits per heavy atom. The smallest absolute Gasteiger partial charge is 0.161 e. The van der Waals surface area contributed by atoms with E-state index in [2.05, 4.69) is 20.1 Å². The van der Waals surface area contributed by atoms with E-state index in [1.165, 1.54) is 0 Å². The molecule has 1 aromatic heterocycles. The van der Waals surface area contributed by atoms with Crippen molar-refractivity contribution in [2.75, 3.05) is 57.7 Å². The monoisotopic (exact) mass is 337 g/mol. The maximum Gasteiger partial charge on any atom is 0.161 e. The lowest BCUT2D eigenvalue weighted by atomic mass is 10.2. The molecule has 2 heterocycles. The highest BCUT2D eigenvalue weighted by Gasteiger charge is 2.15. The Labute approximate surface area is 142 Å². The fraction of sp³-hybridized carbons (Fsp3) is 0.625. The van der Waals surface area contributed by atoms with Crippen molar-refractivity contribution in [3.05, 3.63) is 22.8 Å². The molecule has 0 spiro atoms. The molecule has 1 aliphatic rings. The minimum absolute atomic E-state index is 0.248. The minimum atomic E-state index is 0.248. The second kappa shape index (κ2) is 9.68. The first-order chi connectivity index (χ1) is 11.2. The number of β-amino-alcohol motifs (C(OH)–C–C–N with tert-alkyl or cyclic N) is 1. The third-order valence-corrected chi connectivity index (χ3v) is 4.35. The summed E-state index contributed by atoms with van der Waals surface area (Å²) in [6, 6.07) is 5.47. The number of aromatic nitrogens is 1. The van der Waals surface area contributed by atoms with E-state index >= 15 is 0 Å². The first-order valence-corrected chi connectivity index (χ1v) is 8.47. The Kier molecular flexibility index (Phi) is 7.56. The third kappa shape index (κ3) is 5.96. The molecule has 1 fully saturated rings. The van der Waals surface area contributed by atoms with Crippen molar-refractivity contribution in [1.29, 1.82) is 5.26 Å². The number of aliphatic hydroxyl groups is 1. The van der Waals surface area contributed by atoms with Gasteiger partial charge in [-0.05, 0) is 31.5 Å². The lowest BCUT2D eigenvalue weighted by molar-refractivity contribution is 0.112. The first kappa shape index (κ1) is 18.0. The van der Waals surface area contributed by atoms with Crippen LogP contribution in [0.2, 0.25) is 5.02 Å². The van der Waals surface area contributed by atoms with E-state index in [1.807, 2.05) is 6.07 Å². The molecule has 0 saturated carbocycles. The first-order valence-electron chi connectivity index (χ1n) is 8.09. The van der Waals surface area contributed by atoms with Gasteiger partial charge in [0.05, 0.1) is 11.6 Å². The Morgan fingerprint density at radius 1 is 1.17 bits per heavy atom. The van der Waals surface area contributed by atoms with E-state index in [0.29, 0.717) is 10.8 Å². The third-order valence-electron chi connectivity index (χ3n) is 4.04. The van der Waals surface area contributed by atoms with Crippen molar-refractivity contribution in [2.45, 2.75) is 12.8 Å². The van der Waals surface area contributed by atoms with Crippen LogP contribution in [0.3, 0.4) is 0 Å². The Bertz CT molecular complexity index is 526. The van der Waals surface area contributed by atoms with Gasteiger partial charge >= 0.3 is 0 Å². The molecule has 0 unspecified atom stereocenters. The fourth-order valence-corrected chi connectivity index (χ4v) is 2.82. The molecule has 1 saturated heterocycles. The molecule has 0 atom stereocenters. The summed E-state index contributed by atoms with van der Waals surface area (Å²) < 4.78 is 0. The van der Waals surface area contributed by atoms with Crippen LogP contribution < -0.4 is 5.32 Å². The van der Waals surface area contributed by atoms with Gasteiger partial charge in [0.2, 0.25) is 0 Å². The number of nitriles is 1. The summed E-state index contributed by atoms with van der Waals surface area (Å²) in [4.78, 5) is 8.94. The lowest BCUT2D eigenvalue weighted by Gasteiger charge is -2.34. The zero-order chi connectivity index (χ0) is 16.5. The second-order valence-corrected chi connectivity index (χ2v) is 6.09. The Balaban J connectivity index is 1.59. The van der Waals surface area contributed by atoms with Crippen molar-refractivity contribution in [1.82, 2.24) is 14.8 Å². The van der Waals surface area contributed by atoms with E-state index in [9.17, 15) is 0 Å². The van der Waals surface area contributed by atoms with Gasteiger partial charge in [0.1, 0.15) is 11.9 Å². The maximum absolute atomic E-state index is 8.93. The molecule has 0 aromatic carbocycles. The summed E-state index contributed by atoms with van der Waals surface area (Å²) in [5.41, 5.74) is 0.261. The summed E-state index contributed by atoms with van der Waals surface area (Å²) in [7, 11) is 0. The molecule has 0 aliphatic carbocycles. The van der Waals surface area contributed by atoms with Crippen molar-refractivity contribution in [3.63, 3.8) is 0 Å². The number of hydrogen-bond donors (Lipinski definition) is 2. The fourth-order valence-electron chi connectivity index (χ4n) is 2.67. The highest BCUT2D eigenvalue weighted by molar-refractivity contribution is 6.31.